The molecule has 0 bridgehead atoms. The summed E-state index contributed by atoms with van der Waals surface area (Å²) in [6, 6.07) is 0. The van der Waals surface area contributed by atoms with E-state index < -0.39 is 5.60 Å². The van der Waals surface area contributed by atoms with E-state index in [1.54, 1.807) is 13.8 Å². The second-order valence-corrected chi connectivity index (χ2v) is 2.80. The van der Waals surface area contributed by atoms with E-state index in [1.807, 2.05) is 0 Å². The molecule has 1 fully saturated rings. The molecule has 0 amide bonds. The fraction of sp³-hybridized carbons (Fsp3) is 1.00. The SMILES string of the molecule is CC(C)(O)C1CCO1. The summed E-state index contributed by atoms with van der Waals surface area (Å²) in [7, 11) is 0. The molecule has 0 aromatic carbocycles. The Bertz CT molecular complexity index is 79.0. The van der Waals surface area contributed by atoms with Crippen LogP contribution >= 0.6 is 0 Å². The van der Waals surface area contributed by atoms with Gasteiger partial charge in [-0.25, -0.2) is 0 Å². The molecule has 48 valence electrons. The van der Waals surface area contributed by atoms with Gasteiger partial charge in [0.25, 0.3) is 0 Å². The first kappa shape index (κ1) is 6.05. The van der Waals surface area contributed by atoms with E-state index in [0.717, 1.165) is 13.0 Å². The monoisotopic (exact) mass is 116 g/mol. The molecule has 1 aliphatic rings. The summed E-state index contributed by atoms with van der Waals surface area (Å²) in [4.78, 5) is 0. The van der Waals surface area contributed by atoms with Gasteiger partial charge in [-0.15, -0.1) is 0 Å². The number of rotatable bonds is 1. The topological polar surface area (TPSA) is 29.5 Å². The summed E-state index contributed by atoms with van der Waals surface area (Å²) in [6.45, 7) is 4.36. The molecule has 1 saturated heterocycles. The normalized spacial score (nSPS) is 29.6. The van der Waals surface area contributed by atoms with Crippen molar-refractivity contribution < 1.29 is 9.84 Å². The molecule has 2 nitrogen and oxygen atoms in total. The van der Waals surface area contributed by atoms with E-state index in [2.05, 4.69) is 0 Å². The van der Waals surface area contributed by atoms with Crippen LogP contribution in [0.4, 0.5) is 0 Å². The highest BCUT2D eigenvalue weighted by Gasteiger charge is 2.32. The second-order valence-electron chi connectivity index (χ2n) is 2.80. The maximum atomic E-state index is 9.21. The van der Waals surface area contributed by atoms with Gasteiger partial charge < -0.3 is 9.84 Å². The molecule has 0 aromatic heterocycles. The van der Waals surface area contributed by atoms with Gasteiger partial charge in [0.1, 0.15) is 0 Å². The highest BCUT2D eigenvalue weighted by Crippen LogP contribution is 2.22. The van der Waals surface area contributed by atoms with Crippen LogP contribution in [-0.4, -0.2) is 23.4 Å². The smallest absolute Gasteiger partial charge is 0.0878 e. The van der Waals surface area contributed by atoms with E-state index in [0.29, 0.717) is 0 Å². The van der Waals surface area contributed by atoms with Crippen LogP contribution in [0.2, 0.25) is 0 Å². The van der Waals surface area contributed by atoms with Crippen LogP contribution in [0.15, 0.2) is 0 Å². The predicted molar refractivity (Wildman–Crippen MR) is 30.7 cm³/mol. The van der Waals surface area contributed by atoms with Gasteiger partial charge in [-0.2, -0.15) is 0 Å². The van der Waals surface area contributed by atoms with Crippen molar-refractivity contribution in [2.45, 2.75) is 32.0 Å². The molecule has 0 spiro atoms. The summed E-state index contributed by atoms with van der Waals surface area (Å²) in [5.74, 6) is 0. The highest BCUT2D eigenvalue weighted by molar-refractivity contribution is 4.82. The van der Waals surface area contributed by atoms with Crippen LogP contribution in [0.3, 0.4) is 0 Å². The maximum Gasteiger partial charge on any atom is 0.0878 e. The van der Waals surface area contributed by atoms with Gasteiger partial charge in [0.2, 0.25) is 0 Å². The molecule has 1 rings (SSSR count). The standard InChI is InChI=1S/C6H12O2/c1-6(2,7)5-3-4-8-5/h5,7H,3-4H2,1-2H3. The van der Waals surface area contributed by atoms with Gasteiger partial charge in [0.15, 0.2) is 0 Å². The Kier molecular flexibility index (Phi) is 1.29. The van der Waals surface area contributed by atoms with Crippen LogP contribution in [0, 0.1) is 0 Å². The molecular weight excluding hydrogens is 104 g/mol. The predicted octanol–water partition coefficient (Wildman–Crippen LogP) is 0.546. The molecule has 0 aromatic rings. The highest BCUT2D eigenvalue weighted by atomic mass is 16.5. The first-order chi connectivity index (χ1) is 3.61. The third-order valence-corrected chi connectivity index (χ3v) is 1.49. The molecule has 8 heavy (non-hydrogen) atoms. The van der Waals surface area contributed by atoms with Gasteiger partial charge in [-0.1, -0.05) is 0 Å². The van der Waals surface area contributed by atoms with Crippen molar-refractivity contribution in [2.24, 2.45) is 0 Å². The van der Waals surface area contributed by atoms with Gasteiger partial charge in [-0.05, 0) is 20.3 Å². The molecule has 2 heteroatoms. The Morgan fingerprint density at radius 3 is 2.12 bits per heavy atom. The van der Waals surface area contributed by atoms with Crippen LogP contribution in [0.25, 0.3) is 0 Å². The van der Waals surface area contributed by atoms with E-state index in [-0.39, 0.29) is 6.10 Å². The van der Waals surface area contributed by atoms with E-state index in [9.17, 15) is 5.11 Å². The van der Waals surface area contributed by atoms with Crippen molar-refractivity contribution in [3.63, 3.8) is 0 Å². The summed E-state index contributed by atoms with van der Waals surface area (Å²) < 4.78 is 5.05. The number of ether oxygens (including phenoxy) is 1. The van der Waals surface area contributed by atoms with E-state index in [1.165, 1.54) is 0 Å². The Balaban J connectivity index is 2.34. The fourth-order valence-electron chi connectivity index (χ4n) is 0.793. The van der Waals surface area contributed by atoms with Crippen molar-refractivity contribution in [1.29, 1.82) is 0 Å². The lowest BCUT2D eigenvalue weighted by molar-refractivity contribution is -0.155. The summed E-state index contributed by atoms with van der Waals surface area (Å²) in [5.41, 5.74) is -0.627. The average Bonchev–Trinajstić information content (AvgIpc) is 1.16. The quantitative estimate of drug-likeness (QED) is 0.542. The minimum atomic E-state index is -0.627. The van der Waals surface area contributed by atoms with Crippen molar-refractivity contribution >= 4 is 0 Å². The van der Waals surface area contributed by atoms with Crippen LogP contribution < -0.4 is 0 Å². The van der Waals surface area contributed by atoms with Crippen molar-refractivity contribution in [3.05, 3.63) is 0 Å². The van der Waals surface area contributed by atoms with Gasteiger partial charge in [0, 0.05) is 6.61 Å². The number of hydrogen-bond donors (Lipinski definition) is 1. The molecular formula is C6H12O2. The Morgan fingerprint density at radius 1 is 1.62 bits per heavy atom. The zero-order valence-electron chi connectivity index (χ0n) is 5.35. The number of hydrogen-bond acceptors (Lipinski definition) is 2. The molecule has 1 heterocycles. The lowest BCUT2D eigenvalue weighted by Crippen LogP contribution is -2.45. The van der Waals surface area contributed by atoms with Crippen LogP contribution in [0.1, 0.15) is 20.3 Å². The van der Waals surface area contributed by atoms with Gasteiger partial charge >= 0.3 is 0 Å². The van der Waals surface area contributed by atoms with Crippen molar-refractivity contribution in [3.8, 4) is 0 Å². The summed E-state index contributed by atoms with van der Waals surface area (Å²) in [5, 5.41) is 9.21. The lowest BCUT2D eigenvalue weighted by Gasteiger charge is -2.36. The molecule has 1 unspecified atom stereocenters. The Hall–Kier alpha value is -0.0800. The molecule has 1 N–H and O–H groups in total. The minimum absolute atomic E-state index is 0.0856. The molecule has 0 aliphatic carbocycles. The van der Waals surface area contributed by atoms with Crippen LogP contribution in [0.5, 0.6) is 0 Å². The summed E-state index contributed by atoms with van der Waals surface area (Å²) >= 11 is 0. The molecule has 1 atom stereocenters. The van der Waals surface area contributed by atoms with Gasteiger partial charge in [0.05, 0.1) is 11.7 Å². The zero-order valence-corrected chi connectivity index (χ0v) is 5.35. The van der Waals surface area contributed by atoms with Gasteiger partial charge in [-0.3, -0.25) is 0 Å². The second kappa shape index (κ2) is 1.71. The minimum Gasteiger partial charge on any atom is -0.388 e. The van der Waals surface area contributed by atoms with Crippen LogP contribution in [-0.2, 0) is 4.74 Å². The molecule has 0 saturated carbocycles. The molecule has 0 radical (unpaired) electrons. The third kappa shape index (κ3) is 1.01. The lowest BCUT2D eigenvalue weighted by atomic mass is 9.96. The van der Waals surface area contributed by atoms with E-state index in [4.69, 9.17) is 4.74 Å². The van der Waals surface area contributed by atoms with E-state index >= 15 is 0 Å². The third-order valence-electron chi connectivity index (χ3n) is 1.49. The summed E-state index contributed by atoms with van der Waals surface area (Å²) in [6.07, 6.45) is 1.09. The zero-order chi connectivity index (χ0) is 6.20. The number of aliphatic hydroxyl groups is 1. The van der Waals surface area contributed by atoms with Crippen molar-refractivity contribution in [1.82, 2.24) is 0 Å². The Morgan fingerprint density at radius 2 is 2.12 bits per heavy atom. The fourth-order valence-corrected chi connectivity index (χ4v) is 0.793. The first-order valence-corrected chi connectivity index (χ1v) is 2.94. The average molecular weight is 116 g/mol. The largest absolute Gasteiger partial charge is 0.388 e. The maximum absolute atomic E-state index is 9.21. The Labute approximate surface area is 49.5 Å². The molecule has 1 aliphatic heterocycles. The van der Waals surface area contributed by atoms with Crippen molar-refractivity contribution in [2.75, 3.05) is 6.61 Å². The first-order valence-electron chi connectivity index (χ1n) is 2.94.